The Morgan fingerprint density at radius 3 is 2.59 bits per heavy atom. The molecule has 1 rings (SSSR count). The van der Waals surface area contributed by atoms with Gasteiger partial charge in [-0.2, -0.15) is 0 Å². The van der Waals surface area contributed by atoms with Gasteiger partial charge in [0.25, 0.3) is 0 Å². The molecule has 1 N–H and O–H groups in total. The second-order valence-corrected chi connectivity index (χ2v) is 5.63. The van der Waals surface area contributed by atoms with Gasteiger partial charge in [-0.05, 0) is 34.0 Å². The molecule has 0 bridgehead atoms. The molecule has 5 heteroatoms. The molecule has 1 aromatic rings. The van der Waals surface area contributed by atoms with Crippen LogP contribution < -0.4 is 5.32 Å². The quantitative estimate of drug-likeness (QED) is 0.635. The molecule has 0 aliphatic rings. The Labute approximate surface area is 114 Å². The first-order chi connectivity index (χ1) is 7.93. The van der Waals surface area contributed by atoms with Crippen LogP contribution in [0.25, 0.3) is 0 Å². The Balaban J connectivity index is 2.61. The summed E-state index contributed by atoms with van der Waals surface area (Å²) in [5, 5.41) is 2.91. The van der Waals surface area contributed by atoms with Crippen LogP contribution in [0.2, 0.25) is 0 Å². The molecule has 0 heterocycles. The average Bonchev–Trinajstić information content (AvgIpc) is 2.28. The topological polar surface area (TPSA) is 12.0 Å². The van der Waals surface area contributed by atoms with Gasteiger partial charge in [-0.1, -0.05) is 13.8 Å². The van der Waals surface area contributed by atoms with Gasteiger partial charge in [-0.15, -0.1) is 11.6 Å². The standard InChI is InChI=1S/C12H15BrClF2N/c1-7(2)10(14)6-17-5-8-11(15)4-3-9(13)12(8)16/h3-4,7,10,17H,5-6H2,1-2H3. The van der Waals surface area contributed by atoms with Crippen LogP contribution in [0.5, 0.6) is 0 Å². The van der Waals surface area contributed by atoms with Gasteiger partial charge >= 0.3 is 0 Å². The Kier molecular flexibility index (Phi) is 5.83. The fourth-order valence-electron chi connectivity index (χ4n) is 1.30. The van der Waals surface area contributed by atoms with Crippen LogP contribution in [0.3, 0.4) is 0 Å². The van der Waals surface area contributed by atoms with Gasteiger partial charge in [0.2, 0.25) is 0 Å². The van der Waals surface area contributed by atoms with Gasteiger partial charge in [-0.25, -0.2) is 8.78 Å². The first kappa shape index (κ1) is 14.9. The van der Waals surface area contributed by atoms with E-state index in [0.717, 1.165) is 0 Å². The summed E-state index contributed by atoms with van der Waals surface area (Å²) in [6.07, 6.45) is 0. The first-order valence-corrected chi connectivity index (χ1v) is 6.63. The van der Waals surface area contributed by atoms with Crippen molar-refractivity contribution < 1.29 is 8.78 Å². The van der Waals surface area contributed by atoms with E-state index in [2.05, 4.69) is 21.2 Å². The lowest BCUT2D eigenvalue weighted by Gasteiger charge is -2.14. The second-order valence-electron chi connectivity index (χ2n) is 4.21. The molecule has 0 fully saturated rings. The highest BCUT2D eigenvalue weighted by Crippen LogP contribution is 2.21. The molecule has 0 radical (unpaired) electrons. The van der Waals surface area contributed by atoms with Crippen molar-refractivity contribution >= 4 is 27.5 Å². The maximum atomic E-state index is 13.6. The van der Waals surface area contributed by atoms with Gasteiger partial charge in [-0.3, -0.25) is 0 Å². The molecule has 0 aromatic heterocycles. The third-order valence-electron chi connectivity index (χ3n) is 2.50. The molecule has 1 atom stereocenters. The number of alkyl halides is 1. The van der Waals surface area contributed by atoms with Crippen LogP contribution in [0.4, 0.5) is 8.78 Å². The molecular weight excluding hydrogens is 311 g/mol. The van der Waals surface area contributed by atoms with Crippen molar-refractivity contribution in [2.45, 2.75) is 25.8 Å². The highest BCUT2D eigenvalue weighted by atomic mass is 79.9. The van der Waals surface area contributed by atoms with E-state index in [9.17, 15) is 8.78 Å². The van der Waals surface area contributed by atoms with E-state index in [1.54, 1.807) is 0 Å². The normalized spacial score (nSPS) is 13.1. The smallest absolute Gasteiger partial charge is 0.144 e. The summed E-state index contributed by atoms with van der Waals surface area (Å²) in [7, 11) is 0. The lowest BCUT2D eigenvalue weighted by atomic mass is 10.1. The van der Waals surface area contributed by atoms with E-state index in [0.29, 0.717) is 12.5 Å². The zero-order chi connectivity index (χ0) is 13.0. The van der Waals surface area contributed by atoms with Crippen LogP contribution in [-0.4, -0.2) is 11.9 Å². The minimum absolute atomic E-state index is 0.0343. The van der Waals surface area contributed by atoms with Crippen LogP contribution in [-0.2, 0) is 6.54 Å². The van der Waals surface area contributed by atoms with E-state index >= 15 is 0 Å². The lowest BCUT2D eigenvalue weighted by Crippen LogP contribution is -2.27. The number of nitrogens with one attached hydrogen (secondary N) is 1. The third-order valence-corrected chi connectivity index (χ3v) is 3.77. The molecule has 0 amide bonds. The molecule has 0 aliphatic carbocycles. The molecule has 0 aliphatic heterocycles. The summed E-state index contributed by atoms with van der Waals surface area (Å²) < 4.78 is 27.2. The molecule has 1 nitrogen and oxygen atoms in total. The number of hydrogen-bond donors (Lipinski definition) is 1. The van der Waals surface area contributed by atoms with Crippen molar-refractivity contribution in [3.8, 4) is 0 Å². The number of rotatable bonds is 5. The largest absolute Gasteiger partial charge is 0.311 e. The fourth-order valence-corrected chi connectivity index (χ4v) is 1.78. The van der Waals surface area contributed by atoms with E-state index in [-0.39, 0.29) is 22.0 Å². The van der Waals surface area contributed by atoms with Gasteiger partial charge in [0.15, 0.2) is 0 Å². The van der Waals surface area contributed by atoms with Crippen molar-refractivity contribution in [3.63, 3.8) is 0 Å². The van der Waals surface area contributed by atoms with E-state index in [4.69, 9.17) is 11.6 Å². The molecule has 1 unspecified atom stereocenters. The summed E-state index contributed by atoms with van der Waals surface area (Å²) in [6, 6.07) is 2.59. The number of benzene rings is 1. The molecule has 0 spiro atoms. The zero-order valence-electron chi connectivity index (χ0n) is 9.74. The van der Waals surface area contributed by atoms with E-state index in [1.807, 2.05) is 13.8 Å². The Hall–Kier alpha value is -0.190. The van der Waals surface area contributed by atoms with Crippen LogP contribution in [0.15, 0.2) is 16.6 Å². The van der Waals surface area contributed by atoms with Crippen LogP contribution >= 0.6 is 27.5 Å². The predicted octanol–water partition coefficient (Wildman–Crippen LogP) is 4.08. The maximum absolute atomic E-state index is 13.6. The van der Waals surface area contributed by atoms with Crippen LogP contribution in [0.1, 0.15) is 19.4 Å². The van der Waals surface area contributed by atoms with E-state index in [1.165, 1.54) is 12.1 Å². The van der Waals surface area contributed by atoms with Gasteiger partial charge in [0, 0.05) is 24.0 Å². The van der Waals surface area contributed by atoms with Crippen molar-refractivity contribution in [3.05, 3.63) is 33.8 Å². The maximum Gasteiger partial charge on any atom is 0.144 e. The van der Waals surface area contributed by atoms with E-state index < -0.39 is 11.6 Å². The molecular formula is C12H15BrClF2N. The van der Waals surface area contributed by atoms with Crippen molar-refractivity contribution in [2.75, 3.05) is 6.54 Å². The van der Waals surface area contributed by atoms with Gasteiger partial charge < -0.3 is 5.32 Å². The first-order valence-electron chi connectivity index (χ1n) is 5.40. The van der Waals surface area contributed by atoms with Crippen molar-refractivity contribution in [1.29, 1.82) is 0 Å². The van der Waals surface area contributed by atoms with Crippen molar-refractivity contribution in [2.24, 2.45) is 5.92 Å². The fraction of sp³-hybridized carbons (Fsp3) is 0.500. The highest BCUT2D eigenvalue weighted by molar-refractivity contribution is 9.10. The lowest BCUT2D eigenvalue weighted by molar-refractivity contribution is 0.509. The Morgan fingerprint density at radius 1 is 1.35 bits per heavy atom. The predicted molar refractivity (Wildman–Crippen MR) is 70.2 cm³/mol. The summed E-state index contributed by atoms with van der Waals surface area (Å²) >= 11 is 9.06. The number of halogens is 4. The SMILES string of the molecule is CC(C)C(Cl)CNCc1c(F)ccc(Br)c1F. The summed E-state index contributed by atoms with van der Waals surface area (Å²) in [5.41, 5.74) is 0.0343. The summed E-state index contributed by atoms with van der Waals surface area (Å²) in [5.74, 6) is -0.789. The minimum Gasteiger partial charge on any atom is -0.311 e. The molecule has 1 aromatic carbocycles. The average molecular weight is 327 g/mol. The van der Waals surface area contributed by atoms with Crippen molar-refractivity contribution in [1.82, 2.24) is 5.32 Å². The van der Waals surface area contributed by atoms with Gasteiger partial charge in [0.05, 0.1) is 4.47 Å². The Morgan fingerprint density at radius 2 is 2.00 bits per heavy atom. The van der Waals surface area contributed by atoms with Crippen LogP contribution in [0, 0.1) is 17.6 Å². The number of hydrogen-bond acceptors (Lipinski definition) is 1. The minimum atomic E-state index is -0.562. The molecule has 96 valence electrons. The monoisotopic (exact) mass is 325 g/mol. The molecule has 17 heavy (non-hydrogen) atoms. The summed E-state index contributed by atoms with van der Waals surface area (Å²) in [6.45, 7) is 4.65. The molecule has 0 saturated heterocycles. The zero-order valence-corrected chi connectivity index (χ0v) is 12.1. The van der Waals surface area contributed by atoms with Gasteiger partial charge in [0.1, 0.15) is 11.6 Å². The Bertz CT molecular complexity index is 385. The second kappa shape index (κ2) is 6.66. The highest BCUT2D eigenvalue weighted by Gasteiger charge is 2.13. The third kappa shape index (κ3) is 4.19. The summed E-state index contributed by atoms with van der Waals surface area (Å²) in [4.78, 5) is 0. The molecule has 0 saturated carbocycles.